The number of methoxy groups -OCH3 is 2. The van der Waals surface area contributed by atoms with Gasteiger partial charge in [0.05, 0.1) is 32.3 Å². The Kier molecular flexibility index (Phi) is 10.6. The van der Waals surface area contributed by atoms with Crippen molar-refractivity contribution in [1.82, 2.24) is 5.32 Å². The number of nitrogens with one attached hydrogen (secondary N) is 2. The van der Waals surface area contributed by atoms with Crippen LogP contribution in [0, 0.1) is 23.6 Å². The summed E-state index contributed by atoms with van der Waals surface area (Å²) < 4.78 is 69.5. The monoisotopic (exact) mass is 674 g/mol. The van der Waals surface area contributed by atoms with Gasteiger partial charge in [-0.25, -0.2) is 4.39 Å². The number of halogens is 4. The van der Waals surface area contributed by atoms with E-state index in [1.54, 1.807) is 24.3 Å². The van der Waals surface area contributed by atoms with Gasteiger partial charge in [0.25, 0.3) is 5.91 Å². The molecule has 2 aliphatic carbocycles. The van der Waals surface area contributed by atoms with Crippen molar-refractivity contribution in [3.8, 4) is 22.6 Å². The lowest BCUT2D eigenvalue weighted by atomic mass is 9.83. The highest BCUT2D eigenvalue weighted by molar-refractivity contribution is 8.00. The van der Waals surface area contributed by atoms with Gasteiger partial charge in [0.2, 0.25) is 5.91 Å². The lowest BCUT2D eigenvalue weighted by Crippen LogP contribution is -2.48. The van der Waals surface area contributed by atoms with Gasteiger partial charge in [-0.3, -0.25) is 14.4 Å². The number of thioether (sulfide) groups is 1. The number of hydrogen-bond acceptors (Lipinski definition) is 7. The third kappa shape index (κ3) is 8.37. The molecule has 13 heteroatoms. The molecule has 4 unspecified atom stereocenters. The molecule has 47 heavy (non-hydrogen) atoms. The SMILES string of the molecule is COC(=O)CCCOc1ccc(-c2cc(C(=O)NC3C4CCC(C4)C3C(=O)Nc3cccc(SC(F)(F)F)c3)c(OC)cc2F)cc1. The first-order chi connectivity index (χ1) is 22.5. The minimum absolute atomic E-state index is 0.00454. The summed E-state index contributed by atoms with van der Waals surface area (Å²) in [6, 6.07) is 14.2. The standard InChI is InChI=1S/C34H34F4N2O6S/c1-44-28-18-27(35)25(19-10-12-23(13-11-19)46-14-4-7-29(41)45-2)17-26(28)32(42)40-31-21-9-8-20(15-21)30(31)33(43)39-22-5-3-6-24(16-22)47-34(36,37)38/h3,5-6,10-13,16-18,20-21,30-31H,4,7-9,14-15H2,1-2H3,(H,39,43)(H,40,42). The lowest BCUT2D eigenvalue weighted by Gasteiger charge is -2.31. The molecule has 0 aromatic heterocycles. The number of carbonyl (C=O) groups excluding carboxylic acids is 3. The Bertz CT molecular complexity index is 1620. The molecule has 0 saturated heterocycles. The molecule has 2 N–H and O–H groups in total. The van der Waals surface area contributed by atoms with Crippen molar-refractivity contribution >= 4 is 35.2 Å². The van der Waals surface area contributed by atoms with E-state index < -0.39 is 29.2 Å². The number of hydrogen-bond donors (Lipinski definition) is 2. The predicted octanol–water partition coefficient (Wildman–Crippen LogP) is 7.23. The van der Waals surface area contributed by atoms with Gasteiger partial charge in [-0.1, -0.05) is 18.2 Å². The van der Waals surface area contributed by atoms with E-state index in [4.69, 9.17) is 9.47 Å². The Hall–Kier alpha value is -4.26. The quantitative estimate of drug-likeness (QED) is 0.0905. The highest BCUT2D eigenvalue weighted by atomic mass is 32.2. The van der Waals surface area contributed by atoms with Gasteiger partial charge in [0, 0.05) is 34.7 Å². The fraction of sp³-hybridized carbons (Fsp3) is 0.382. The van der Waals surface area contributed by atoms with Crippen LogP contribution < -0.4 is 20.1 Å². The third-order valence-corrected chi connectivity index (χ3v) is 9.29. The summed E-state index contributed by atoms with van der Waals surface area (Å²) in [6.45, 7) is 0.293. The van der Waals surface area contributed by atoms with Crippen molar-refractivity contribution in [1.29, 1.82) is 0 Å². The molecule has 0 spiro atoms. The zero-order valence-corrected chi connectivity index (χ0v) is 26.5. The van der Waals surface area contributed by atoms with Crippen LogP contribution in [0.2, 0.25) is 0 Å². The van der Waals surface area contributed by atoms with Gasteiger partial charge in [0.15, 0.2) is 0 Å². The molecule has 2 fully saturated rings. The number of alkyl halides is 3. The average molecular weight is 675 g/mol. The van der Waals surface area contributed by atoms with Crippen molar-refractivity contribution in [3.05, 3.63) is 72.0 Å². The van der Waals surface area contributed by atoms with Crippen LogP contribution in [0.25, 0.3) is 11.1 Å². The van der Waals surface area contributed by atoms with Gasteiger partial charge in [-0.15, -0.1) is 0 Å². The third-order valence-electron chi connectivity index (χ3n) is 8.57. The van der Waals surface area contributed by atoms with E-state index >= 15 is 4.39 Å². The number of carbonyl (C=O) groups is 3. The molecule has 4 atom stereocenters. The summed E-state index contributed by atoms with van der Waals surface area (Å²) in [7, 11) is 2.65. The summed E-state index contributed by atoms with van der Waals surface area (Å²) in [5.74, 6) is -1.84. The van der Waals surface area contributed by atoms with Gasteiger partial charge in [-0.05, 0) is 91.2 Å². The van der Waals surface area contributed by atoms with E-state index in [0.717, 1.165) is 25.3 Å². The highest BCUT2D eigenvalue weighted by Crippen LogP contribution is 2.49. The molecule has 3 aromatic rings. The highest BCUT2D eigenvalue weighted by Gasteiger charge is 2.51. The van der Waals surface area contributed by atoms with E-state index in [9.17, 15) is 27.6 Å². The van der Waals surface area contributed by atoms with Crippen LogP contribution in [-0.2, 0) is 14.3 Å². The smallest absolute Gasteiger partial charge is 0.446 e. The van der Waals surface area contributed by atoms with E-state index in [-0.39, 0.29) is 69.4 Å². The predicted molar refractivity (Wildman–Crippen MR) is 168 cm³/mol. The maximum atomic E-state index is 15.2. The summed E-state index contributed by atoms with van der Waals surface area (Å²) in [5, 5.41) is 5.75. The maximum absolute atomic E-state index is 15.2. The van der Waals surface area contributed by atoms with Crippen molar-refractivity contribution in [2.24, 2.45) is 17.8 Å². The maximum Gasteiger partial charge on any atom is 0.446 e. The molecule has 2 aliphatic rings. The molecule has 2 saturated carbocycles. The first kappa shape index (κ1) is 34.1. The van der Waals surface area contributed by atoms with Gasteiger partial charge in [0.1, 0.15) is 17.3 Å². The fourth-order valence-corrected chi connectivity index (χ4v) is 7.06. The Balaban J connectivity index is 1.30. The Morgan fingerprint density at radius 3 is 2.43 bits per heavy atom. The van der Waals surface area contributed by atoms with E-state index in [1.165, 1.54) is 44.6 Å². The molecule has 0 heterocycles. The Labute approximate surface area is 273 Å². The van der Waals surface area contributed by atoms with E-state index in [2.05, 4.69) is 15.4 Å². The second-order valence-electron chi connectivity index (χ2n) is 11.5. The van der Waals surface area contributed by atoms with E-state index in [1.807, 2.05) is 0 Å². The molecular weight excluding hydrogens is 640 g/mol. The Morgan fingerprint density at radius 2 is 1.72 bits per heavy atom. The minimum atomic E-state index is -4.46. The number of esters is 1. The van der Waals surface area contributed by atoms with Crippen molar-refractivity contribution < 1.29 is 46.2 Å². The van der Waals surface area contributed by atoms with Gasteiger partial charge < -0.3 is 24.8 Å². The van der Waals surface area contributed by atoms with Gasteiger partial charge >= 0.3 is 11.5 Å². The van der Waals surface area contributed by atoms with Crippen molar-refractivity contribution in [2.45, 2.75) is 48.5 Å². The van der Waals surface area contributed by atoms with Crippen LogP contribution in [0.15, 0.2) is 65.6 Å². The molecule has 2 bridgehead atoms. The summed E-state index contributed by atoms with van der Waals surface area (Å²) >= 11 is -0.264. The molecule has 2 amide bonds. The zero-order chi connectivity index (χ0) is 33.7. The average Bonchev–Trinajstić information content (AvgIpc) is 3.64. The minimum Gasteiger partial charge on any atom is -0.496 e. The van der Waals surface area contributed by atoms with E-state index in [0.29, 0.717) is 24.3 Å². The molecule has 0 radical (unpaired) electrons. The van der Waals surface area contributed by atoms with Crippen LogP contribution in [0.5, 0.6) is 11.5 Å². The number of rotatable bonds is 12. The second kappa shape index (κ2) is 14.7. The first-order valence-electron chi connectivity index (χ1n) is 15.1. The number of anilines is 1. The van der Waals surface area contributed by atoms with Crippen LogP contribution in [0.4, 0.5) is 23.2 Å². The molecule has 8 nitrogen and oxygen atoms in total. The number of fused-ring (bicyclic) bond motifs is 2. The lowest BCUT2D eigenvalue weighted by molar-refractivity contribution is -0.140. The Morgan fingerprint density at radius 1 is 0.979 bits per heavy atom. The van der Waals surface area contributed by atoms with Crippen molar-refractivity contribution in [3.63, 3.8) is 0 Å². The zero-order valence-electron chi connectivity index (χ0n) is 25.7. The second-order valence-corrected chi connectivity index (χ2v) is 12.6. The molecule has 0 aliphatic heterocycles. The molecule has 3 aromatic carbocycles. The summed E-state index contributed by atoms with van der Waals surface area (Å²) in [4.78, 5) is 38.4. The largest absolute Gasteiger partial charge is 0.496 e. The topological polar surface area (TPSA) is 103 Å². The summed E-state index contributed by atoms with van der Waals surface area (Å²) in [6.07, 6.45) is 3.05. The number of ether oxygens (including phenoxy) is 3. The summed E-state index contributed by atoms with van der Waals surface area (Å²) in [5.41, 5.74) is -3.49. The number of amides is 2. The number of benzene rings is 3. The fourth-order valence-electron chi connectivity index (χ4n) is 6.46. The van der Waals surface area contributed by atoms with Crippen molar-refractivity contribution in [2.75, 3.05) is 26.1 Å². The van der Waals surface area contributed by atoms with Crippen LogP contribution >= 0.6 is 11.8 Å². The molecular formula is C34H34F4N2O6S. The van der Waals surface area contributed by atoms with Crippen LogP contribution in [-0.4, -0.2) is 50.2 Å². The van der Waals surface area contributed by atoms with Crippen LogP contribution in [0.1, 0.15) is 42.5 Å². The van der Waals surface area contributed by atoms with Gasteiger partial charge in [-0.2, -0.15) is 13.2 Å². The normalized spacial score (nSPS) is 20.0. The van der Waals surface area contributed by atoms with Crippen LogP contribution in [0.3, 0.4) is 0 Å². The molecule has 250 valence electrons. The molecule has 5 rings (SSSR count). The first-order valence-corrected chi connectivity index (χ1v) is 15.9.